The maximum atomic E-state index is 12.3. The van der Waals surface area contributed by atoms with Gasteiger partial charge < -0.3 is 19.9 Å². The van der Waals surface area contributed by atoms with Crippen LogP contribution >= 0.6 is 24.0 Å². The standard InChI is InChI=1S/C19H38N4O2.HI/c1-5-20-19(22(4)16-18(24)23(6-2)7-3)21-14-11-15-25-17-12-9-8-10-13-17;/h17H,5-16H2,1-4H3,(H,20,21);1H. The molecule has 0 spiro atoms. The van der Waals surface area contributed by atoms with Gasteiger partial charge in [-0.15, -0.1) is 24.0 Å². The number of nitrogens with zero attached hydrogens (tertiary/aromatic N) is 3. The van der Waals surface area contributed by atoms with Crippen molar-refractivity contribution < 1.29 is 9.53 Å². The lowest BCUT2D eigenvalue weighted by Gasteiger charge is -2.25. The fourth-order valence-electron chi connectivity index (χ4n) is 3.16. The number of likely N-dealkylation sites (N-methyl/N-ethyl adjacent to an activating group) is 2. The number of nitrogens with one attached hydrogen (secondary N) is 1. The van der Waals surface area contributed by atoms with Gasteiger partial charge in [-0.2, -0.15) is 0 Å². The van der Waals surface area contributed by atoms with Crippen LogP contribution in [0.3, 0.4) is 0 Å². The molecule has 1 aliphatic rings. The number of ether oxygens (including phenoxy) is 1. The molecule has 1 rings (SSSR count). The summed E-state index contributed by atoms with van der Waals surface area (Å²) in [6.07, 6.45) is 7.76. The second kappa shape index (κ2) is 15.5. The molecular weight excluding hydrogens is 443 g/mol. The first kappa shape index (κ1) is 25.4. The number of aliphatic imine (C=N–C) groups is 1. The highest BCUT2D eigenvalue weighted by Crippen LogP contribution is 2.20. The Morgan fingerprint density at radius 2 is 1.81 bits per heavy atom. The summed E-state index contributed by atoms with van der Waals surface area (Å²) >= 11 is 0. The van der Waals surface area contributed by atoms with Crippen molar-refractivity contribution >= 4 is 35.8 Å². The van der Waals surface area contributed by atoms with Crippen molar-refractivity contribution in [1.82, 2.24) is 15.1 Å². The van der Waals surface area contributed by atoms with E-state index in [1.54, 1.807) is 0 Å². The van der Waals surface area contributed by atoms with Gasteiger partial charge in [-0.05, 0) is 40.0 Å². The van der Waals surface area contributed by atoms with Crippen molar-refractivity contribution in [3.05, 3.63) is 0 Å². The highest BCUT2D eigenvalue weighted by atomic mass is 127. The smallest absolute Gasteiger partial charge is 0.242 e. The zero-order chi connectivity index (χ0) is 18.5. The number of hydrogen-bond donors (Lipinski definition) is 1. The zero-order valence-corrected chi connectivity index (χ0v) is 19.5. The molecule has 0 bridgehead atoms. The minimum Gasteiger partial charge on any atom is -0.378 e. The highest BCUT2D eigenvalue weighted by molar-refractivity contribution is 14.0. The van der Waals surface area contributed by atoms with E-state index in [-0.39, 0.29) is 29.9 Å². The van der Waals surface area contributed by atoms with Crippen LogP contribution in [-0.4, -0.2) is 74.1 Å². The molecule has 1 aliphatic carbocycles. The first-order chi connectivity index (χ1) is 12.1. The van der Waals surface area contributed by atoms with Crippen LogP contribution in [0.25, 0.3) is 0 Å². The van der Waals surface area contributed by atoms with Gasteiger partial charge >= 0.3 is 0 Å². The molecule has 0 aromatic heterocycles. The summed E-state index contributed by atoms with van der Waals surface area (Å²) < 4.78 is 5.95. The minimum absolute atomic E-state index is 0. The third kappa shape index (κ3) is 9.94. The van der Waals surface area contributed by atoms with E-state index in [1.807, 2.05) is 37.6 Å². The molecule has 1 amide bonds. The number of halogens is 1. The first-order valence-corrected chi connectivity index (χ1v) is 10.0. The maximum absolute atomic E-state index is 12.3. The molecular formula is C19H39IN4O2. The van der Waals surface area contributed by atoms with Crippen LogP contribution in [0.1, 0.15) is 59.3 Å². The van der Waals surface area contributed by atoms with Crippen LogP contribution in [-0.2, 0) is 9.53 Å². The number of carbonyl (C=O) groups is 1. The van der Waals surface area contributed by atoms with Crippen molar-refractivity contribution in [2.45, 2.75) is 65.4 Å². The lowest BCUT2D eigenvalue weighted by Crippen LogP contribution is -2.45. The number of carbonyl (C=O) groups excluding carboxylic acids is 1. The monoisotopic (exact) mass is 482 g/mol. The Morgan fingerprint density at radius 1 is 1.15 bits per heavy atom. The highest BCUT2D eigenvalue weighted by Gasteiger charge is 2.15. The maximum Gasteiger partial charge on any atom is 0.242 e. The van der Waals surface area contributed by atoms with E-state index in [1.165, 1.54) is 32.1 Å². The molecule has 0 aliphatic heterocycles. The van der Waals surface area contributed by atoms with Crippen molar-refractivity contribution in [3.63, 3.8) is 0 Å². The SMILES string of the molecule is CCNC(=NCCCOC1CCCCC1)N(C)CC(=O)N(CC)CC.I. The Labute approximate surface area is 177 Å². The Kier molecular flexibility index (Phi) is 15.1. The van der Waals surface area contributed by atoms with Crippen molar-refractivity contribution in [3.8, 4) is 0 Å². The summed E-state index contributed by atoms with van der Waals surface area (Å²) in [4.78, 5) is 20.7. The summed E-state index contributed by atoms with van der Waals surface area (Å²) in [5.74, 6) is 0.930. The van der Waals surface area contributed by atoms with E-state index in [2.05, 4.69) is 10.3 Å². The quantitative estimate of drug-likeness (QED) is 0.225. The number of rotatable bonds is 10. The molecule has 154 valence electrons. The first-order valence-electron chi connectivity index (χ1n) is 10.0. The zero-order valence-electron chi connectivity index (χ0n) is 17.1. The van der Waals surface area contributed by atoms with Crippen LogP contribution < -0.4 is 5.32 Å². The molecule has 6 nitrogen and oxygen atoms in total. The van der Waals surface area contributed by atoms with Crippen molar-refractivity contribution in [2.24, 2.45) is 4.99 Å². The van der Waals surface area contributed by atoms with Crippen molar-refractivity contribution in [2.75, 3.05) is 46.4 Å². The summed E-state index contributed by atoms with van der Waals surface area (Å²) in [7, 11) is 1.92. The fourth-order valence-corrected chi connectivity index (χ4v) is 3.16. The average Bonchev–Trinajstić information content (AvgIpc) is 2.62. The number of guanidine groups is 1. The molecule has 0 aromatic carbocycles. The van der Waals surface area contributed by atoms with Crippen LogP contribution in [0.5, 0.6) is 0 Å². The van der Waals surface area contributed by atoms with Gasteiger partial charge in [-0.3, -0.25) is 9.79 Å². The van der Waals surface area contributed by atoms with Crippen LogP contribution in [0.2, 0.25) is 0 Å². The Balaban J connectivity index is 0.00000625. The molecule has 1 N–H and O–H groups in total. The van der Waals surface area contributed by atoms with Gasteiger partial charge in [0.1, 0.15) is 0 Å². The second-order valence-corrected chi connectivity index (χ2v) is 6.64. The molecule has 7 heteroatoms. The summed E-state index contributed by atoms with van der Waals surface area (Å²) in [6.45, 7) is 10.2. The molecule has 1 saturated carbocycles. The Hall–Kier alpha value is -0.570. The Morgan fingerprint density at radius 3 is 2.38 bits per heavy atom. The van der Waals surface area contributed by atoms with Crippen LogP contribution in [0.15, 0.2) is 4.99 Å². The van der Waals surface area contributed by atoms with Crippen LogP contribution in [0, 0.1) is 0 Å². The summed E-state index contributed by atoms with van der Waals surface area (Å²) in [5, 5.41) is 3.27. The minimum atomic E-state index is 0. The predicted molar refractivity (Wildman–Crippen MR) is 119 cm³/mol. The van der Waals surface area contributed by atoms with E-state index in [0.29, 0.717) is 12.6 Å². The van der Waals surface area contributed by atoms with E-state index in [9.17, 15) is 4.79 Å². The van der Waals surface area contributed by atoms with E-state index in [4.69, 9.17) is 4.74 Å². The molecule has 0 heterocycles. The normalized spacial score (nSPS) is 15.3. The third-order valence-electron chi connectivity index (χ3n) is 4.65. The van der Waals surface area contributed by atoms with Gasteiger partial charge in [0, 0.05) is 39.8 Å². The average molecular weight is 482 g/mol. The molecule has 0 aromatic rings. The Bertz CT molecular complexity index is 397. The van der Waals surface area contributed by atoms with Gasteiger partial charge in [0.25, 0.3) is 0 Å². The van der Waals surface area contributed by atoms with E-state index < -0.39 is 0 Å². The van der Waals surface area contributed by atoms with Gasteiger partial charge in [0.05, 0.1) is 12.6 Å². The second-order valence-electron chi connectivity index (χ2n) is 6.64. The summed E-state index contributed by atoms with van der Waals surface area (Å²) in [6, 6.07) is 0. The molecule has 0 unspecified atom stereocenters. The molecule has 0 atom stereocenters. The molecule has 26 heavy (non-hydrogen) atoms. The third-order valence-corrected chi connectivity index (χ3v) is 4.65. The number of hydrogen-bond acceptors (Lipinski definition) is 3. The predicted octanol–water partition coefficient (Wildman–Crippen LogP) is 3.11. The van der Waals surface area contributed by atoms with E-state index in [0.717, 1.165) is 45.2 Å². The van der Waals surface area contributed by atoms with Gasteiger partial charge in [-0.25, -0.2) is 0 Å². The lowest BCUT2D eigenvalue weighted by molar-refractivity contribution is -0.131. The molecule has 0 saturated heterocycles. The van der Waals surface area contributed by atoms with Crippen molar-refractivity contribution in [1.29, 1.82) is 0 Å². The summed E-state index contributed by atoms with van der Waals surface area (Å²) in [5.41, 5.74) is 0. The lowest BCUT2D eigenvalue weighted by atomic mass is 9.98. The molecule has 1 fully saturated rings. The molecule has 0 radical (unpaired) electrons. The van der Waals surface area contributed by atoms with Gasteiger partial charge in [0.15, 0.2) is 5.96 Å². The van der Waals surface area contributed by atoms with E-state index >= 15 is 0 Å². The fraction of sp³-hybridized carbons (Fsp3) is 0.895. The topological polar surface area (TPSA) is 57.2 Å². The number of amides is 1. The van der Waals surface area contributed by atoms with Gasteiger partial charge in [-0.1, -0.05) is 19.3 Å². The largest absolute Gasteiger partial charge is 0.378 e. The van der Waals surface area contributed by atoms with Crippen LogP contribution in [0.4, 0.5) is 0 Å². The van der Waals surface area contributed by atoms with Gasteiger partial charge in [0.2, 0.25) is 5.91 Å².